The van der Waals surface area contributed by atoms with E-state index in [9.17, 15) is 0 Å². The molecule has 1 aliphatic rings. The van der Waals surface area contributed by atoms with Crippen molar-refractivity contribution in [1.29, 1.82) is 0 Å². The van der Waals surface area contributed by atoms with Crippen LogP contribution < -0.4 is 10.6 Å². The maximum Gasteiger partial charge on any atom is 0.190 e. The fourth-order valence-electron chi connectivity index (χ4n) is 3.34. The molecule has 0 atom stereocenters. The molecule has 0 aromatic carbocycles. The molecule has 0 spiro atoms. The van der Waals surface area contributed by atoms with Gasteiger partial charge in [0.25, 0.3) is 0 Å². The smallest absolute Gasteiger partial charge is 0.190 e. The molecule has 0 amide bonds. The van der Waals surface area contributed by atoms with Crippen LogP contribution in [0.2, 0.25) is 0 Å². The second-order valence-corrected chi connectivity index (χ2v) is 6.71. The summed E-state index contributed by atoms with van der Waals surface area (Å²) in [4.78, 5) is 4.27. The molecular formula is C19H30N6O. The van der Waals surface area contributed by atoms with Crippen molar-refractivity contribution >= 4 is 11.6 Å². The van der Waals surface area contributed by atoms with Gasteiger partial charge in [-0.1, -0.05) is 25.3 Å². The summed E-state index contributed by atoms with van der Waals surface area (Å²) in [6.45, 7) is 2.44. The van der Waals surface area contributed by atoms with Gasteiger partial charge in [-0.2, -0.15) is 0 Å². The van der Waals surface area contributed by atoms with Crippen LogP contribution in [0.25, 0.3) is 5.65 Å². The quantitative estimate of drug-likeness (QED) is 0.430. The first-order valence-corrected chi connectivity index (χ1v) is 9.71. The molecule has 0 unspecified atom stereocenters. The molecule has 0 bridgehead atoms. The fourth-order valence-corrected chi connectivity index (χ4v) is 3.34. The van der Waals surface area contributed by atoms with Crippen LogP contribution >= 0.6 is 0 Å². The van der Waals surface area contributed by atoms with Gasteiger partial charge in [0.1, 0.15) is 5.82 Å². The lowest BCUT2D eigenvalue weighted by molar-refractivity contribution is 0.0277. The predicted octanol–water partition coefficient (Wildman–Crippen LogP) is 2.18. The van der Waals surface area contributed by atoms with Crippen molar-refractivity contribution in [3.63, 3.8) is 0 Å². The molecule has 0 aliphatic heterocycles. The lowest BCUT2D eigenvalue weighted by atomic mass is 9.98. The maximum atomic E-state index is 5.95. The minimum atomic E-state index is 0.485. The average molecular weight is 358 g/mol. The predicted molar refractivity (Wildman–Crippen MR) is 103 cm³/mol. The van der Waals surface area contributed by atoms with Crippen molar-refractivity contribution in [3.05, 3.63) is 30.2 Å². The van der Waals surface area contributed by atoms with Gasteiger partial charge in [-0.25, -0.2) is 0 Å². The van der Waals surface area contributed by atoms with E-state index in [1.807, 2.05) is 28.8 Å². The summed E-state index contributed by atoms with van der Waals surface area (Å²) < 4.78 is 7.97. The van der Waals surface area contributed by atoms with Gasteiger partial charge in [-0.15, -0.1) is 10.2 Å². The highest BCUT2D eigenvalue weighted by Gasteiger charge is 2.13. The Labute approximate surface area is 155 Å². The Hall–Kier alpha value is -2.15. The number of hydrogen-bond donors (Lipinski definition) is 2. The molecule has 0 saturated heterocycles. The minimum Gasteiger partial charge on any atom is -0.378 e. The zero-order valence-electron chi connectivity index (χ0n) is 15.7. The third kappa shape index (κ3) is 5.42. The van der Waals surface area contributed by atoms with E-state index in [2.05, 4.69) is 25.8 Å². The number of nitrogens with zero attached hydrogens (tertiary/aromatic N) is 4. The van der Waals surface area contributed by atoms with Crippen LogP contribution in [-0.2, 0) is 11.2 Å². The van der Waals surface area contributed by atoms with Crippen molar-refractivity contribution < 1.29 is 4.74 Å². The molecule has 3 rings (SSSR count). The largest absolute Gasteiger partial charge is 0.378 e. The highest BCUT2D eigenvalue weighted by molar-refractivity contribution is 5.79. The summed E-state index contributed by atoms with van der Waals surface area (Å²) in [5.74, 6) is 1.76. The van der Waals surface area contributed by atoms with Gasteiger partial charge in [0, 0.05) is 39.4 Å². The molecule has 142 valence electrons. The number of aromatic nitrogens is 3. The van der Waals surface area contributed by atoms with Crippen LogP contribution in [0.3, 0.4) is 0 Å². The zero-order chi connectivity index (χ0) is 18.0. The van der Waals surface area contributed by atoms with E-state index in [0.717, 1.165) is 50.0 Å². The molecular weight excluding hydrogens is 328 g/mol. The summed E-state index contributed by atoms with van der Waals surface area (Å²) in [6, 6.07) is 5.92. The summed E-state index contributed by atoms with van der Waals surface area (Å²) in [6.07, 6.45) is 10.7. The highest BCUT2D eigenvalue weighted by atomic mass is 16.5. The standard InChI is InChI=1S/C19H30N6O/c1-20-19(21-12-7-15-26-16-8-3-2-4-9-16)22-13-11-18-24-23-17-10-5-6-14-25(17)18/h5-6,10,14,16H,2-4,7-9,11-13,15H2,1H3,(H2,20,21,22). The molecule has 2 aromatic heterocycles. The SMILES string of the molecule is CN=C(NCCCOC1CCCCC1)NCCc1nnc2ccccn12. The molecule has 1 aliphatic carbocycles. The van der Waals surface area contributed by atoms with Gasteiger partial charge >= 0.3 is 0 Å². The van der Waals surface area contributed by atoms with E-state index in [4.69, 9.17) is 4.74 Å². The number of guanidine groups is 1. The maximum absolute atomic E-state index is 5.95. The van der Waals surface area contributed by atoms with Crippen molar-refractivity contribution in [3.8, 4) is 0 Å². The normalized spacial score (nSPS) is 16.1. The van der Waals surface area contributed by atoms with E-state index in [0.29, 0.717) is 6.10 Å². The Bertz CT molecular complexity index is 692. The lowest BCUT2D eigenvalue weighted by Crippen LogP contribution is -2.39. The summed E-state index contributed by atoms with van der Waals surface area (Å²) in [5.41, 5.74) is 0.878. The third-order valence-corrected chi connectivity index (χ3v) is 4.77. The molecule has 2 heterocycles. The van der Waals surface area contributed by atoms with E-state index >= 15 is 0 Å². The monoisotopic (exact) mass is 358 g/mol. The first-order valence-electron chi connectivity index (χ1n) is 9.71. The van der Waals surface area contributed by atoms with Crippen LogP contribution in [0.5, 0.6) is 0 Å². The first kappa shape index (κ1) is 18.6. The van der Waals surface area contributed by atoms with Crippen LogP contribution in [0.4, 0.5) is 0 Å². The Morgan fingerprint density at radius 2 is 2.04 bits per heavy atom. The van der Waals surface area contributed by atoms with Crippen LogP contribution in [0, 0.1) is 0 Å². The van der Waals surface area contributed by atoms with E-state index in [1.165, 1.54) is 32.1 Å². The second kappa shape index (κ2) is 10.1. The van der Waals surface area contributed by atoms with Gasteiger partial charge in [0.2, 0.25) is 0 Å². The Balaban J connectivity index is 1.30. The van der Waals surface area contributed by atoms with Gasteiger partial charge < -0.3 is 15.4 Å². The van der Waals surface area contributed by atoms with Gasteiger partial charge in [-0.3, -0.25) is 9.39 Å². The summed E-state index contributed by atoms with van der Waals surface area (Å²) in [5, 5.41) is 15.1. The number of pyridine rings is 1. The Morgan fingerprint density at radius 3 is 2.88 bits per heavy atom. The van der Waals surface area contributed by atoms with E-state index in [1.54, 1.807) is 7.05 Å². The van der Waals surface area contributed by atoms with E-state index < -0.39 is 0 Å². The minimum absolute atomic E-state index is 0.485. The van der Waals surface area contributed by atoms with Gasteiger partial charge in [0.05, 0.1) is 6.10 Å². The summed E-state index contributed by atoms with van der Waals surface area (Å²) in [7, 11) is 1.79. The number of hydrogen-bond acceptors (Lipinski definition) is 4. The molecule has 0 radical (unpaired) electrons. The fraction of sp³-hybridized carbons (Fsp3) is 0.632. The van der Waals surface area contributed by atoms with Gasteiger partial charge in [-0.05, 0) is 31.4 Å². The van der Waals surface area contributed by atoms with Gasteiger partial charge in [0.15, 0.2) is 11.6 Å². The molecule has 1 saturated carbocycles. The van der Waals surface area contributed by atoms with Crippen LogP contribution in [0.1, 0.15) is 44.3 Å². The molecule has 1 fully saturated rings. The van der Waals surface area contributed by atoms with Crippen LogP contribution in [-0.4, -0.2) is 53.4 Å². The number of nitrogens with one attached hydrogen (secondary N) is 2. The van der Waals surface area contributed by atoms with Crippen molar-refractivity contribution in [2.75, 3.05) is 26.7 Å². The zero-order valence-corrected chi connectivity index (χ0v) is 15.7. The number of fused-ring (bicyclic) bond motifs is 1. The Morgan fingerprint density at radius 1 is 1.19 bits per heavy atom. The third-order valence-electron chi connectivity index (χ3n) is 4.77. The van der Waals surface area contributed by atoms with Crippen molar-refractivity contribution in [2.45, 2.75) is 51.0 Å². The molecule has 7 heteroatoms. The van der Waals surface area contributed by atoms with E-state index in [-0.39, 0.29) is 0 Å². The number of aliphatic imine (C=N–C) groups is 1. The molecule has 2 N–H and O–H groups in total. The number of rotatable bonds is 8. The Kier molecular flexibility index (Phi) is 7.25. The van der Waals surface area contributed by atoms with Crippen molar-refractivity contribution in [1.82, 2.24) is 25.2 Å². The topological polar surface area (TPSA) is 75.8 Å². The highest BCUT2D eigenvalue weighted by Crippen LogP contribution is 2.20. The molecule has 26 heavy (non-hydrogen) atoms. The summed E-state index contributed by atoms with van der Waals surface area (Å²) >= 11 is 0. The lowest BCUT2D eigenvalue weighted by Gasteiger charge is -2.22. The van der Waals surface area contributed by atoms with Crippen LogP contribution in [0.15, 0.2) is 29.4 Å². The number of ether oxygens (including phenoxy) is 1. The average Bonchev–Trinajstić information content (AvgIpc) is 3.10. The first-order chi connectivity index (χ1) is 12.9. The molecule has 7 nitrogen and oxygen atoms in total. The molecule has 2 aromatic rings. The second-order valence-electron chi connectivity index (χ2n) is 6.71. The van der Waals surface area contributed by atoms with Crippen molar-refractivity contribution in [2.24, 2.45) is 4.99 Å².